The van der Waals surface area contributed by atoms with E-state index >= 15 is 0 Å². The van der Waals surface area contributed by atoms with E-state index < -0.39 is 17.8 Å². The van der Waals surface area contributed by atoms with Gasteiger partial charge >= 0.3 is 6.18 Å². The number of thiophene rings is 1. The second-order valence-corrected chi connectivity index (χ2v) is 7.25. The Kier molecular flexibility index (Phi) is 4.91. The third kappa shape index (κ3) is 3.43. The van der Waals surface area contributed by atoms with Crippen molar-refractivity contribution in [2.45, 2.75) is 12.2 Å². The van der Waals surface area contributed by atoms with Crippen molar-refractivity contribution in [3.63, 3.8) is 0 Å². The largest absolute Gasteiger partial charge is 0.416 e. The third-order valence-corrected chi connectivity index (χ3v) is 5.98. The van der Waals surface area contributed by atoms with Crippen molar-refractivity contribution in [2.24, 2.45) is 5.84 Å². The van der Waals surface area contributed by atoms with E-state index in [1.807, 2.05) is 6.07 Å². The number of nitrogens with one attached hydrogen (secondary N) is 1. The number of halogens is 5. The number of alkyl halides is 3. The molecule has 0 bridgehead atoms. The Hall–Kier alpha value is -0.410. The van der Waals surface area contributed by atoms with Crippen molar-refractivity contribution in [3.8, 4) is 0 Å². The lowest BCUT2D eigenvalue weighted by atomic mass is 10.0. The summed E-state index contributed by atoms with van der Waals surface area (Å²) in [6.07, 6.45) is -4.37. The van der Waals surface area contributed by atoms with Crippen LogP contribution in [0.15, 0.2) is 38.6 Å². The molecule has 0 aliphatic heterocycles. The van der Waals surface area contributed by atoms with E-state index in [0.717, 1.165) is 25.3 Å². The lowest BCUT2D eigenvalue weighted by Gasteiger charge is -2.16. The van der Waals surface area contributed by atoms with Gasteiger partial charge in [-0.1, -0.05) is 12.1 Å². The van der Waals surface area contributed by atoms with Crippen LogP contribution in [0.1, 0.15) is 22.0 Å². The first-order chi connectivity index (χ1) is 9.32. The molecule has 20 heavy (non-hydrogen) atoms. The van der Waals surface area contributed by atoms with Crippen LogP contribution in [0.5, 0.6) is 0 Å². The summed E-state index contributed by atoms with van der Waals surface area (Å²) in [5.74, 6) is 5.50. The molecular weight excluding hydrogens is 421 g/mol. The molecule has 2 rings (SSSR count). The Morgan fingerprint density at radius 3 is 2.40 bits per heavy atom. The van der Waals surface area contributed by atoms with Crippen LogP contribution in [0.4, 0.5) is 13.2 Å². The van der Waals surface area contributed by atoms with Crippen molar-refractivity contribution in [3.05, 3.63) is 54.6 Å². The van der Waals surface area contributed by atoms with Crippen LogP contribution < -0.4 is 11.3 Å². The van der Waals surface area contributed by atoms with Gasteiger partial charge in [-0.25, -0.2) is 5.43 Å². The maximum Gasteiger partial charge on any atom is 0.416 e. The van der Waals surface area contributed by atoms with E-state index in [0.29, 0.717) is 5.56 Å². The van der Waals surface area contributed by atoms with Crippen molar-refractivity contribution in [2.75, 3.05) is 0 Å². The van der Waals surface area contributed by atoms with E-state index in [1.54, 1.807) is 6.07 Å². The molecule has 1 aromatic heterocycles. The van der Waals surface area contributed by atoms with Gasteiger partial charge in [-0.05, 0) is 55.6 Å². The van der Waals surface area contributed by atoms with E-state index in [2.05, 4.69) is 37.3 Å². The van der Waals surface area contributed by atoms with Gasteiger partial charge in [-0.3, -0.25) is 5.84 Å². The maximum atomic E-state index is 12.7. The number of benzene rings is 1. The first kappa shape index (κ1) is 16.0. The summed E-state index contributed by atoms with van der Waals surface area (Å²) >= 11 is 8.10. The molecule has 0 saturated heterocycles. The minimum absolute atomic E-state index is 0.462. The van der Waals surface area contributed by atoms with Crippen molar-refractivity contribution >= 4 is 43.2 Å². The van der Waals surface area contributed by atoms with Crippen LogP contribution in [-0.4, -0.2) is 0 Å². The van der Waals surface area contributed by atoms with E-state index in [-0.39, 0.29) is 0 Å². The van der Waals surface area contributed by atoms with Crippen molar-refractivity contribution in [1.82, 2.24) is 5.43 Å². The number of hydrogen-bond acceptors (Lipinski definition) is 3. The van der Waals surface area contributed by atoms with Gasteiger partial charge < -0.3 is 0 Å². The summed E-state index contributed by atoms with van der Waals surface area (Å²) in [5.41, 5.74) is 2.33. The first-order valence-electron chi connectivity index (χ1n) is 5.41. The van der Waals surface area contributed by atoms with Crippen LogP contribution in [0.25, 0.3) is 0 Å². The smallest absolute Gasteiger partial charge is 0.271 e. The molecule has 1 atom stereocenters. The Morgan fingerprint density at radius 2 is 1.90 bits per heavy atom. The molecule has 0 radical (unpaired) electrons. The van der Waals surface area contributed by atoms with Crippen LogP contribution in [0, 0.1) is 0 Å². The third-order valence-electron chi connectivity index (χ3n) is 2.66. The van der Waals surface area contributed by atoms with Crippen LogP contribution >= 0.6 is 43.2 Å². The van der Waals surface area contributed by atoms with Crippen LogP contribution in [0.3, 0.4) is 0 Å². The molecule has 0 aliphatic carbocycles. The molecule has 1 aromatic carbocycles. The molecular formula is C12H9Br2F3N2S. The molecule has 108 valence electrons. The van der Waals surface area contributed by atoms with Gasteiger partial charge in [0.05, 0.1) is 15.4 Å². The predicted molar refractivity (Wildman–Crippen MR) is 80.3 cm³/mol. The molecule has 0 fully saturated rings. The number of hydrogen-bond donors (Lipinski definition) is 2. The maximum absolute atomic E-state index is 12.7. The quantitative estimate of drug-likeness (QED) is 0.540. The monoisotopic (exact) mass is 428 g/mol. The number of rotatable bonds is 3. The van der Waals surface area contributed by atoms with Gasteiger partial charge in [0.2, 0.25) is 0 Å². The summed E-state index contributed by atoms with van der Waals surface area (Å²) in [4.78, 5) is 0.811. The highest BCUT2D eigenvalue weighted by Gasteiger charge is 2.31. The van der Waals surface area contributed by atoms with Gasteiger partial charge in [-0.15, -0.1) is 11.3 Å². The SMILES string of the molecule is NNC(c1cccc(C(F)(F)F)c1)c1cc(Br)c(Br)s1. The average Bonchev–Trinajstić information content (AvgIpc) is 2.69. The van der Waals surface area contributed by atoms with E-state index in [9.17, 15) is 13.2 Å². The zero-order chi connectivity index (χ0) is 14.9. The van der Waals surface area contributed by atoms with Gasteiger partial charge in [0, 0.05) is 9.35 Å². The standard InChI is InChI=1S/C12H9Br2F3N2S/c13-8-5-9(20-11(8)14)10(19-18)6-2-1-3-7(4-6)12(15,16)17/h1-5,10,19H,18H2. The zero-order valence-electron chi connectivity index (χ0n) is 9.84. The summed E-state index contributed by atoms with van der Waals surface area (Å²) in [7, 11) is 0. The number of hydrazine groups is 1. The fraction of sp³-hybridized carbons (Fsp3) is 0.167. The minimum atomic E-state index is -4.37. The van der Waals surface area contributed by atoms with Crippen molar-refractivity contribution < 1.29 is 13.2 Å². The Labute approximate surface area is 134 Å². The van der Waals surface area contributed by atoms with Gasteiger partial charge in [0.25, 0.3) is 0 Å². The first-order valence-corrected chi connectivity index (χ1v) is 7.81. The van der Waals surface area contributed by atoms with Crippen LogP contribution in [0.2, 0.25) is 0 Å². The molecule has 1 heterocycles. The summed E-state index contributed by atoms with van der Waals surface area (Å²) in [5, 5.41) is 0. The molecule has 0 spiro atoms. The summed E-state index contributed by atoms with van der Waals surface area (Å²) < 4.78 is 39.9. The van der Waals surface area contributed by atoms with Gasteiger partial charge in [0.15, 0.2) is 0 Å². The Bertz CT molecular complexity index is 593. The molecule has 2 nitrogen and oxygen atoms in total. The average molecular weight is 430 g/mol. The summed E-state index contributed by atoms with van der Waals surface area (Å²) in [6.45, 7) is 0. The lowest BCUT2D eigenvalue weighted by Crippen LogP contribution is -2.28. The molecule has 2 aromatic rings. The topological polar surface area (TPSA) is 38.0 Å². The second kappa shape index (κ2) is 6.15. The minimum Gasteiger partial charge on any atom is -0.271 e. The molecule has 1 unspecified atom stereocenters. The van der Waals surface area contributed by atoms with Gasteiger partial charge in [-0.2, -0.15) is 13.2 Å². The Morgan fingerprint density at radius 1 is 1.20 bits per heavy atom. The predicted octanol–water partition coefficient (Wildman–Crippen LogP) is 4.84. The highest BCUT2D eigenvalue weighted by Crippen LogP contribution is 2.38. The number of nitrogens with two attached hydrogens (primary N) is 1. The highest BCUT2D eigenvalue weighted by atomic mass is 79.9. The fourth-order valence-corrected chi connectivity index (χ4v) is 3.92. The van der Waals surface area contributed by atoms with E-state index in [1.165, 1.54) is 17.4 Å². The highest BCUT2D eigenvalue weighted by molar-refractivity contribution is 9.13. The molecule has 0 saturated carbocycles. The summed E-state index contributed by atoms with van der Waals surface area (Å²) in [6, 6.07) is 6.45. The lowest BCUT2D eigenvalue weighted by molar-refractivity contribution is -0.137. The fourth-order valence-electron chi connectivity index (χ4n) is 1.74. The molecule has 3 N–H and O–H groups in total. The Balaban J connectivity index is 2.42. The van der Waals surface area contributed by atoms with E-state index in [4.69, 9.17) is 5.84 Å². The molecule has 8 heteroatoms. The van der Waals surface area contributed by atoms with Gasteiger partial charge in [0.1, 0.15) is 0 Å². The zero-order valence-corrected chi connectivity index (χ0v) is 13.8. The molecule has 0 amide bonds. The molecule has 0 aliphatic rings. The normalized spacial score (nSPS) is 13.5. The van der Waals surface area contributed by atoms with Crippen molar-refractivity contribution in [1.29, 1.82) is 0 Å². The van der Waals surface area contributed by atoms with Crippen LogP contribution in [-0.2, 0) is 6.18 Å². The second-order valence-electron chi connectivity index (χ2n) is 3.99.